The highest BCUT2D eigenvalue weighted by Crippen LogP contribution is 2.31. The van der Waals surface area contributed by atoms with E-state index in [4.69, 9.17) is 0 Å². The fraction of sp³-hybridized carbons (Fsp3) is 0.818. The zero-order valence-electron chi connectivity index (χ0n) is 8.45. The second-order valence-corrected chi connectivity index (χ2v) is 4.19. The minimum absolute atomic E-state index is 0.582. The molecule has 0 nitrogen and oxygen atoms in total. The molecule has 1 saturated carbocycles. The number of hydrogen-bond donors (Lipinski definition) is 0. The van der Waals surface area contributed by atoms with E-state index in [0.717, 1.165) is 31.3 Å². The van der Waals surface area contributed by atoms with Gasteiger partial charge >= 0.3 is 0 Å². The zero-order valence-corrected chi connectivity index (χ0v) is 8.45. The molecule has 0 aromatic heterocycles. The fourth-order valence-corrected chi connectivity index (χ4v) is 1.59. The molecule has 1 aliphatic rings. The Balaban J connectivity index is 2.61. The molecule has 13 heavy (non-hydrogen) atoms. The second kappa shape index (κ2) is 4.21. The van der Waals surface area contributed by atoms with Gasteiger partial charge in [0.1, 0.15) is 0 Å². The van der Waals surface area contributed by atoms with Gasteiger partial charge in [-0.3, -0.25) is 0 Å². The molecule has 2 heteroatoms. The topological polar surface area (TPSA) is 0 Å². The molecule has 0 unspecified atom stereocenters. The molecule has 1 aliphatic carbocycles. The first-order valence-electron chi connectivity index (χ1n) is 5.11. The molecule has 0 heterocycles. The maximum absolute atomic E-state index is 13.3. The zero-order chi connectivity index (χ0) is 9.90. The summed E-state index contributed by atoms with van der Waals surface area (Å²) in [5, 5.41) is 0. The van der Waals surface area contributed by atoms with E-state index in [0.29, 0.717) is 0 Å². The van der Waals surface area contributed by atoms with Crippen LogP contribution in [0.2, 0.25) is 0 Å². The lowest BCUT2D eigenvalue weighted by molar-refractivity contribution is 0.00501. The van der Waals surface area contributed by atoms with Crippen LogP contribution in [-0.2, 0) is 0 Å². The van der Waals surface area contributed by atoms with Gasteiger partial charge < -0.3 is 0 Å². The van der Waals surface area contributed by atoms with Gasteiger partial charge in [0, 0.05) is 5.92 Å². The number of rotatable bonds is 2. The summed E-state index contributed by atoms with van der Waals surface area (Å²) in [6, 6.07) is 0. The number of hydrogen-bond acceptors (Lipinski definition) is 0. The van der Waals surface area contributed by atoms with Crippen LogP contribution in [0.15, 0.2) is 11.6 Å². The summed E-state index contributed by atoms with van der Waals surface area (Å²) in [7, 11) is 0. The van der Waals surface area contributed by atoms with Gasteiger partial charge in [0.15, 0.2) is 0 Å². The molecule has 76 valence electrons. The van der Waals surface area contributed by atoms with Gasteiger partial charge in [0.05, 0.1) is 0 Å². The number of halogens is 2. The van der Waals surface area contributed by atoms with E-state index in [-0.39, 0.29) is 0 Å². The van der Waals surface area contributed by atoms with Crippen LogP contribution in [0, 0.1) is 5.92 Å². The first kappa shape index (κ1) is 10.7. The molecule has 0 N–H and O–H groups in total. The number of alkyl halides is 2. The monoisotopic (exact) mass is 188 g/mol. The molecule has 0 bridgehead atoms. The Kier molecular flexibility index (Phi) is 3.46. The normalized spacial score (nSPS) is 19.3. The van der Waals surface area contributed by atoms with Crippen molar-refractivity contribution in [1.29, 1.82) is 0 Å². The average molecular weight is 188 g/mol. The lowest BCUT2D eigenvalue weighted by Crippen LogP contribution is -2.21. The van der Waals surface area contributed by atoms with Crippen LogP contribution in [0.5, 0.6) is 0 Å². The maximum atomic E-state index is 13.3. The highest BCUT2D eigenvalue weighted by molar-refractivity contribution is 5.10. The summed E-state index contributed by atoms with van der Waals surface area (Å²) < 4.78 is 26.5. The van der Waals surface area contributed by atoms with E-state index >= 15 is 0 Å². The third-order valence-corrected chi connectivity index (χ3v) is 2.66. The van der Waals surface area contributed by atoms with Crippen LogP contribution in [-0.4, -0.2) is 5.92 Å². The van der Waals surface area contributed by atoms with Crippen molar-refractivity contribution in [3.63, 3.8) is 0 Å². The second-order valence-electron chi connectivity index (χ2n) is 4.19. The van der Waals surface area contributed by atoms with Gasteiger partial charge in [-0.25, -0.2) is 8.78 Å². The van der Waals surface area contributed by atoms with Crippen LogP contribution in [0.3, 0.4) is 0 Å². The predicted molar refractivity (Wildman–Crippen MR) is 51.0 cm³/mol. The summed E-state index contributed by atoms with van der Waals surface area (Å²) >= 11 is 0. The van der Waals surface area contributed by atoms with Crippen LogP contribution in [0.25, 0.3) is 0 Å². The van der Waals surface area contributed by atoms with Crippen LogP contribution < -0.4 is 0 Å². The van der Waals surface area contributed by atoms with Crippen molar-refractivity contribution in [1.82, 2.24) is 0 Å². The smallest absolute Gasteiger partial charge is 0.202 e. The quantitative estimate of drug-likeness (QED) is 0.570. The minimum Gasteiger partial charge on any atom is -0.202 e. The lowest BCUT2D eigenvalue weighted by Gasteiger charge is -2.20. The van der Waals surface area contributed by atoms with Crippen molar-refractivity contribution in [3.8, 4) is 0 Å². The first-order chi connectivity index (χ1) is 6.02. The molecule has 0 spiro atoms. The standard InChI is InChI=1S/C11H18F2/c1-9(2)11(12,13)8-10-6-4-3-5-7-10/h8-9H,3-7H2,1-2H3. The summed E-state index contributed by atoms with van der Waals surface area (Å²) in [6.45, 7) is 3.14. The van der Waals surface area contributed by atoms with Gasteiger partial charge in [0.25, 0.3) is 5.92 Å². The first-order valence-corrected chi connectivity index (χ1v) is 5.11. The molecule has 1 rings (SSSR count). The van der Waals surface area contributed by atoms with Gasteiger partial charge in [0.2, 0.25) is 0 Å². The molecule has 0 aliphatic heterocycles. The van der Waals surface area contributed by atoms with Crippen molar-refractivity contribution in [3.05, 3.63) is 11.6 Å². The average Bonchev–Trinajstić information content (AvgIpc) is 2.05. The van der Waals surface area contributed by atoms with Crippen LogP contribution in [0.4, 0.5) is 8.78 Å². The third-order valence-electron chi connectivity index (χ3n) is 2.66. The van der Waals surface area contributed by atoms with E-state index < -0.39 is 11.8 Å². The van der Waals surface area contributed by atoms with E-state index in [1.807, 2.05) is 0 Å². The van der Waals surface area contributed by atoms with E-state index in [1.165, 1.54) is 12.5 Å². The van der Waals surface area contributed by atoms with Crippen molar-refractivity contribution >= 4 is 0 Å². The lowest BCUT2D eigenvalue weighted by atomic mass is 9.92. The van der Waals surface area contributed by atoms with Gasteiger partial charge in [-0.1, -0.05) is 25.8 Å². The fourth-order valence-electron chi connectivity index (χ4n) is 1.59. The number of allylic oxidation sites excluding steroid dienone is 2. The Morgan fingerprint density at radius 1 is 1.15 bits per heavy atom. The molecule has 0 aromatic rings. The highest BCUT2D eigenvalue weighted by Gasteiger charge is 2.30. The van der Waals surface area contributed by atoms with Crippen molar-refractivity contribution in [2.75, 3.05) is 0 Å². The summed E-state index contributed by atoms with van der Waals surface area (Å²) in [6.07, 6.45) is 6.33. The SMILES string of the molecule is CC(C)C(F)(F)C=C1CCCCC1. The molecule has 0 amide bonds. The summed E-state index contributed by atoms with van der Waals surface area (Å²) in [4.78, 5) is 0. The molecular formula is C11H18F2. The highest BCUT2D eigenvalue weighted by atomic mass is 19.3. The predicted octanol–water partition coefficient (Wildman–Crippen LogP) is 4.17. The summed E-state index contributed by atoms with van der Waals surface area (Å²) in [5.74, 6) is -3.19. The van der Waals surface area contributed by atoms with Gasteiger partial charge in [-0.2, -0.15) is 0 Å². The molecule has 0 aromatic carbocycles. The van der Waals surface area contributed by atoms with Crippen molar-refractivity contribution in [2.45, 2.75) is 51.9 Å². The van der Waals surface area contributed by atoms with Gasteiger partial charge in [-0.15, -0.1) is 0 Å². The Morgan fingerprint density at radius 3 is 2.15 bits per heavy atom. The van der Waals surface area contributed by atoms with Gasteiger partial charge in [-0.05, 0) is 31.8 Å². The largest absolute Gasteiger partial charge is 0.268 e. The molecule has 0 atom stereocenters. The van der Waals surface area contributed by atoms with Crippen molar-refractivity contribution < 1.29 is 8.78 Å². The molecule has 1 fully saturated rings. The maximum Gasteiger partial charge on any atom is 0.268 e. The van der Waals surface area contributed by atoms with Crippen LogP contribution >= 0.6 is 0 Å². The van der Waals surface area contributed by atoms with E-state index in [2.05, 4.69) is 0 Å². The third kappa shape index (κ3) is 3.09. The Morgan fingerprint density at radius 2 is 1.69 bits per heavy atom. The Bertz CT molecular complexity index is 184. The minimum atomic E-state index is -2.60. The molecule has 0 saturated heterocycles. The van der Waals surface area contributed by atoms with E-state index in [9.17, 15) is 8.78 Å². The Hall–Kier alpha value is -0.400. The Labute approximate surface area is 79.0 Å². The van der Waals surface area contributed by atoms with Crippen molar-refractivity contribution in [2.24, 2.45) is 5.92 Å². The molecule has 0 radical (unpaired) electrons. The van der Waals surface area contributed by atoms with E-state index in [1.54, 1.807) is 13.8 Å². The molecular weight excluding hydrogens is 170 g/mol. The summed E-state index contributed by atoms with van der Waals surface area (Å²) in [5.41, 5.74) is 0.963. The van der Waals surface area contributed by atoms with Crippen LogP contribution in [0.1, 0.15) is 46.0 Å².